The first-order valence-corrected chi connectivity index (χ1v) is 10.4. The van der Waals surface area contributed by atoms with Gasteiger partial charge in [0, 0.05) is 28.5 Å². The van der Waals surface area contributed by atoms with Crippen LogP contribution >= 0.6 is 0 Å². The molecule has 0 bridgehead atoms. The van der Waals surface area contributed by atoms with Crippen molar-refractivity contribution in [3.05, 3.63) is 95.2 Å². The van der Waals surface area contributed by atoms with Gasteiger partial charge in [0.1, 0.15) is 11.5 Å². The van der Waals surface area contributed by atoms with Crippen LogP contribution in [0.5, 0.6) is 11.5 Å². The summed E-state index contributed by atoms with van der Waals surface area (Å²) < 4.78 is 13.2. The predicted molar refractivity (Wildman–Crippen MR) is 125 cm³/mol. The molecule has 1 atom stereocenters. The van der Waals surface area contributed by atoms with E-state index in [9.17, 15) is 4.79 Å². The zero-order chi connectivity index (χ0) is 22.2. The maximum absolute atomic E-state index is 13.8. The van der Waals surface area contributed by atoms with Crippen molar-refractivity contribution in [2.75, 3.05) is 19.5 Å². The number of hydrogen-bond acceptors (Lipinski definition) is 5. The van der Waals surface area contributed by atoms with Crippen molar-refractivity contribution in [1.82, 2.24) is 9.55 Å². The third-order valence-electron chi connectivity index (χ3n) is 5.85. The molecule has 0 fully saturated rings. The van der Waals surface area contributed by atoms with Crippen molar-refractivity contribution in [3.63, 3.8) is 0 Å². The summed E-state index contributed by atoms with van der Waals surface area (Å²) in [5.74, 6) is 1.98. The summed E-state index contributed by atoms with van der Waals surface area (Å²) in [6.45, 7) is 1.92. The minimum Gasteiger partial charge on any atom is -0.497 e. The molecule has 0 unspecified atom stereocenters. The lowest BCUT2D eigenvalue weighted by molar-refractivity contribution is 0.102. The minimum atomic E-state index is -0.424. The number of aromatic nitrogens is 2. The summed E-state index contributed by atoms with van der Waals surface area (Å²) >= 11 is 0. The first kappa shape index (κ1) is 19.9. The zero-order valence-corrected chi connectivity index (χ0v) is 18.1. The van der Waals surface area contributed by atoms with Gasteiger partial charge in [-0.15, -0.1) is 0 Å². The number of benzene rings is 3. The van der Waals surface area contributed by atoms with E-state index in [1.807, 2.05) is 79.7 Å². The highest BCUT2D eigenvalue weighted by Gasteiger charge is 2.36. The van der Waals surface area contributed by atoms with E-state index in [0.717, 1.165) is 22.3 Å². The highest BCUT2D eigenvalue weighted by Crippen LogP contribution is 2.43. The van der Waals surface area contributed by atoms with E-state index in [2.05, 4.69) is 9.88 Å². The molecule has 5 rings (SSSR count). The van der Waals surface area contributed by atoms with Gasteiger partial charge in [-0.3, -0.25) is 9.36 Å². The van der Waals surface area contributed by atoms with Gasteiger partial charge in [-0.05, 0) is 31.2 Å². The number of hydrogen-bond donors (Lipinski definition) is 1. The van der Waals surface area contributed by atoms with Gasteiger partial charge < -0.3 is 14.8 Å². The summed E-state index contributed by atoms with van der Waals surface area (Å²) in [7, 11) is 3.25. The van der Waals surface area contributed by atoms with Crippen LogP contribution in [-0.2, 0) is 0 Å². The molecule has 1 aliphatic heterocycles. The lowest BCUT2D eigenvalue weighted by atomic mass is 9.88. The van der Waals surface area contributed by atoms with Crippen LogP contribution in [0, 0.1) is 0 Å². The second-order valence-electron chi connectivity index (χ2n) is 7.66. The van der Waals surface area contributed by atoms with Crippen molar-refractivity contribution in [3.8, 4) is 11.5 Å². The summed E-state index contributed by atoms with van der Waals surface area (Å²) in [5.41, 5.74) is 4.70. The fourth-order valence-electron chi connectivity index (χ4n) is 4.34. The van der Waals surface area contributed by atoms with Crippen LogP contribution in [0.15, 0.2) is 84.1 Å². The number of para-hydroxylation sites is 2. The van der Waals surface area contributed by atoms with Gasteiger partial charge >= 0.3 is 0 Å². The Bertz CT molecular complexity index is 1360. The molecular formula is C26H23N3O3. The van der Waals surface area contributed by atoms with Crippen molar-refractivity contribution in [2.24, 2.45) is 0 Å². The van der Waals surface area contributed by atoms with Gasteiger partial charge in [0.15, 0.2) is 5.78 Å². The number of carbonyl (C=O) groups excluding carboxylic acids is 1. The summed E-state index contributed by atoms with van der Waals surface area (Å²) in [4.78, 5) is 18.6. The molecule has 0 saturated heterocycles. The van der Waals surface area contributed by atoms with E-state index < -0.39 is 6.04 Å². The van der Waals surface area contributed by atoms with Crippen molar-refractivity contribution < 1.29 is 14.3 Å². The maximum Gasteiger partial charge on any atom is 0.209 e. The molecule has 6 heteroatoms. The quantitative estimate of drug-likeness (QED) is 0.444. The molecule has 32 heavy (non-hydrogen) atoms. The van der Waals surface area contributed by atoms with Crippen molar-refractivity contribution >= 4 is 22.8 Å². The van der Waals surface area contributed by atoms with Crippen LogP contribution in [0.25, 0.3) is 11.0 Å². The molecule has 3 aromatic carbocycles. The smallest absolute Gasteiger partial charge is 0.209 e. The molecule has 4 aromatic rings. The average molecular weight is 425 g/mol. The molecule has 6 nitrogen and oxygen atoms in total. The standard InChI is InChI=1S/C26H23N3O3/c1-16-23(25(30)17-9-5-4-6-10-17)24(19-14-13-18(31-2)15-22(19)32-3)29-21-12-8-7-11-20(21)28-26(29)27-16/h4-15,24H,1-3H3,(H,27,28)/t24-/m1/s1. The number of rotatable bonds is 5. The summed E-state index contributed by atoms with van der Waals surface area (Å²) in [6.07, 6.45) is 0. The number of Topliss-reactive ketones (excluding diaryl/α,β-unsaturated/α-hetero) is 1. The van der Waals surface area contributed by atoms with Crippen LogP contribution < -0.4 is 14.8 Å². The molecule has 2 heterocycles. The minimum absolute atomic E-state index is 0.0399. The number of fused-ring (bicyclic) bond motifs is 3. The van der Waals surface area contributed by atoms with Crippen LogP contribution in [-0.4, -0.2) is 29.6 Å². The molecule has 0 amide bonds. The van der Waals surface area contributed by atoms with Crippen LogP contribution in [0.4, 0.5) is 5.95 Å². The highest BCUT2D eigenvalue weighted by molar-refractivity contribution is 6.11. The van der Waals surface area contributed by atoms with E-state index in [-0.39, 0.29) is 5.78 Å². The Morgan fingerprint density at radius 2 is 1.72 bits per heavy atom. The Labute approximate surface area is 186 Å². The van der Waals surface area contributed by atoms with E-state index in [4.69, 9.17) is 14.5 Å². The second kappa shape index (κ2) is 7.89. The van der Waals surface area contributed by atoms with Crippen LogP contribution in [0.3, 0.4) is 0 Å². The number of allylic oxidation sites excluding steroid dienone is 2. The number of ether oxygens (including phenoxy) is 2. The highest BCUT2D eigenvalue weighted by atomic mass is 16.5. The normalized spacial score (nSPS) is 15.3. The van der Waals surface area contributed by atoms with Crippen LogP contribution in [0.2, 0.25) is 0 Å². The SMILES string of the molecule is COc1ccc([C@@H]2C(C(=O)c3ccccc3)=C(C)Nc3nc4ccccc4n32)c(OC)c1. The topological polar surface area (TPSA) is 65.4 Å². The first-order valence-electron chi connectivity index (χ1n) is 10.4. The average Bonchev–Trinajstić information content (AvgIpc) is 3.20. The Balaban J connectivity index is 1.79. The van der Waals surface area contributed by atoms with Gasteiger partial charge in [-0.2, -0.15) is 0 Å². The van der Waals surface area contributed by atoms with Gasteiger partial charge in [-0.1, -0.05) is 42.5 Å². The van der Waals surface area contributed by atoms with E-state index in [1.165, 1.54) is 0 Å². The van der Waals surface area contributed by atoms with E-state index >= 15 is 0 Å². The lowest BCUT2D eigenvalue weighted by Crippen LogP contribution is -2.28. The van der Waals surface area contributed by atoms with Gasteiger partial charge in [0.2, 0.25) is 5.95 Å². The monoisotopic (exact) mass is 425 g/mol. The molecule has 1 aliphatic rings. The number of anilines is 1. The number of nitrogens with one attached hydrogen (secondary N) is 1. The first-order chi connectivity index (χ1) is 15.6. The molecule has 1 N–H and O–H groups in total. The third kappa shape index (κ3) is 3.12. The number of carbonyl (C=O) groups is 1. The number of methoxy groups -OCH3 is 2. The molecule has 0 aliphatic carbocycles. The van der Waals surface area contributed by atoms with E-state index in [0.29, 0.717) is 28.6 Å². The molecule has 0 radical (unpaired) electrons. The number of nitrogens with zero attached hydrogens (tertiary/aromatic N) is 2. The fraction of sp³-hybridized carbons (Fsp3) is 0.154. The van der Waals surface area contributed by atoms with E-state index in [1.54, 1.807) is 14.2 Å². The molecule has 1 aromatic heterocycles. The third-order valence-corrected chi connectivity index (χ3v) is 5.85. The molecule has 160 valence electrons. The lowest BCUT2D eigenvalue weighted by Gasteiger charge is -2.31. The van der Waals surface area contributed by atoms with Gasteiger partial charge in [0.25, 0.3) is 0 Å². The molecule has 0 saturated carbocycles. The number of imidazole rings is 1. The second-order valence-corrected chi connectivity index (χ2v) is 7.66. The summed E-state index contributed by atoms with van der Waals surface area (Å²) in [5, 5.41) is 3.35. The maximum atomic E-state index is 13.8. The Kier molecular flexibility index (Phi) is 4.90. The largest absolute Gasteiger partial charge is 0.497 e. The Morgan fingerprint density at radius 1 is 0.969 bits per heavy atom. The number of ketones is 1. The van der Waals surface area contributed by atoms with Crippen molar-refractivity contribution in [2.45, 2.75) is 13.0 Å². The van der Waals surface area contributed by atoms with Crippen LogP contribution in [0.1, 0.15) is 28.9 Å². The van der Waals surface area contributed by atoms with Gasteiger partial charge in [-0.25, -0.2) is 4.98 Å². The molecular weight excluding hydrogens is 402 g/mol. The predicted octanol–water partition coefficient (Wildman–Crippen LogP) is 5.23. The Morgan fingerprint density at radius 3 is 2.47 bits per heavy atom. The molecule has 0 spiro atoms. The van der Waals surface area contributed by atoms with Crippen molar-refractivity contribution in [1.29, 1.82) is 0 Å². The summed E-state index contributed by atoms with van der Waals surface area (Å²) in [6, 6.07) is 22.5. The van der Waals surface area contributed by atoms with Gasteiger partial charge in [0.05, 0.1) is 31.3 Å². The zero-order valence-electron chi connectivity index (χ0n) is 18.1. The Hall–Kier alpha value is -4.06. The fourth-order valence-corrected chi connectivity index (χ4v) is 4.34.